The van der Waals surface area contributed by atoms with Gasteiger partial charge in [-0.2, -0.15) is 9.19 Å². The van der Waals surface area contributed by atoms with Crippen LogP contribution in [0.5, 0.6) is 0 Å². The second-order valence-electron chi connectivity index (χ2n) is 7.01. The molecular weight excluding hydrogens is 407 g/mol. The van der Waals surface area contributed by atoms with Crippen molar-refractivity contribution in [2.24, 2.45) is 5.92 Å². The molecule has 2 rings (SSSR count). The lowest BCUT2D eigenvalue weighted by Crippen LogP contribution is -2.41. The van der Waals surface area contributed by atoms with Crippen molar-refractivity contribution in [1.82, 2.24) is 19.1 Å². The van der Waals surface area contributed by atoms with Gasteiger partial charge in [-0.1, -0.05) is 54.4 Å². The number of rotatable bonds is 5. The van der Waals surface area contributed by atoms with Gasteiger partial charge in [-0.25, -0.2) is 4.98 Å². The number of likely N-dealkylation sites (N-methyl/N-ethyl adjacent to an activating group) is 1. The number of hydrogen-bond donors (Lipinski definition) is 2. The van der Waals surface area contributed by atoms with Gasteiger partial charge in [0.05, 0.1) is 23.5 Å². The molecule has 10 heteroatoms. The minimum atomic E-state index is -0.818. The van der Waals surface area contributed by atoms with Crippen molar-refractivity contribution in [3.63, 3.8) is 0 Å². The first kappa shape index (κ1) is 27.6. The Morgan fingerprint density at radius 3 is 2.23 bits per heavy atom. The minimum absolute atomic E-state index is 0.142. The zero-order chi connectivity index (χ0) is 23.3. The number of halogens is 1. The van der Waals surface area contributed by atoms with E-state index in [-0.39, 0.29) is 35.3 Å². The van der Waals surface area contributed by atoms with Crippen LogP contribution in [-0.4, -0.2) is 44.0 Å². The van der Waals surface area contributed by atoms with E-state index in [2.05, 4.69) is 43.1 Å². The van der Waals surface area contributed by atoms with Gasteiger partial charge in [-0.05, 0) is 12.8 Å². The summed E-state index contributed by atoms with van der Waals surface area (Å²) in [4.78, 5) is 29.9. The van der Waals surface area contributed by atoms with Crippen LogP contribution in [0, 0.1) is 5.92 Å². The van der Waals surface area contributed by atoms with Crippen LogP contribution < -0.4 is 11.1 Å². The van der Waals surface area contributed by atoms with Gasteiger partial charge in [0.2, 0.25) is 0 Å². The van der Waals surface area contributed by atoms with E-state index in [1.54, 1.807) is 6.92 Å². The van der Waals surface area contributed by atoms with E-state index in [1.165, 1.54) is 30.1 Å². The molecule has 2 heterocycles. The van der Waals surface area contributed by atoms with Crippen LogP contribution in [0.15, 0.2) is 12.4 Å². The van der Waals surface area contributed by atoms with Crippen LogP contribution in [0.4, 0.5) is 15.4 Å². The fourth-order valence-electron chi connectivity index (χ4n) is 2.29. The number of fused-ring (bicyclic) bond motifs is 1. The molecule has 0 aliphatic rings. The van der Waals surface area contributed by atoms with Crippen molar-refractivity contribution in [1.29, 1.82) is 0 Å². The molecule has 0 unspecified atom stereocenters. The van der Waals surface area contributed by atoms with Crippen LogP contribution in [0.2, 0.25) is 0 Å². The number of carbonyl (C=O) groups is 2. The number of anilines is 2. The monoisotopic (exact) mass is 442 g/mol. The van der Waals surface area contributed by atoms with E-state index >= 15 is 0 Å². The van der Waals surface area contributed by atoms with Gasteiger partial charge in [0.1, 0.15) is 11.3 Å². The van der Waals surface area contributed by atoms with E-state index in [4.69, 9.17) is 5.73 Å². The maximum Gasteiger partial charge on any atom is 0.314 e. The number of pyridine rings is 1. The second-order valence-corrected chi connectivity index (χ2v) is 7.50. The molecule has 170 valence electrons. The number of amides is 2. The first-order chi connectivity index (χ1) is 14.2. The Labute approximate surface area is 183 Å². The summed E-state index contributed by atoms with van der Waals surface area (Å²) in [7, 11) is 0. The number of nitrogen functional groups attached to an aromatic ring is 1. The Hall–Kier alpha value is -2.36. The van der Waals surface area contributed by atoms with Gasteiger partial charge >= 0.3 is 11.8 Å². The molecule has 2 amide bonds. The molecule has 3 N–H and O–H groups in total. The Balaban J connectivity index is 0.00000125. The average Bonchev–Trinajstić information content (AvgIpc) is 3.14. The third-order valence-electron chi connectivity index (χ3n) is 3.36. The maximum atomic E-state index is 13.0. The first-order valence-corrected chi connectivity index (χ1v) is 10.9. The van der Waals surface area contributed by atoms with Gasteiger partial charge in [-0.15, -0.1) is 3.89 Å². The highest BCUT2D eigenvalue weighted by molar-refractivity contribution is 7.92. The predicted octanol–water partition coefficient (Wildman–Crippen LogP) is 4.67. The van der Waals surface area contributed by atoms with Crippen molar-refractivity contribution < 1.29 is 13.5 Å². The molecule has 0 aliphatic carbocycles. The standard InChI is InChI=1S/C14H19FN6O2S.2C3H8/c1-4-20(7-8(2)3)14(23)13(22)19-10-6-17-12(16)9-5-18-21(24-15)11(9)10;2*1-3-2/h5-6,8H,4,7H2,1-3H3,(H2,16,17)(H,19,22);2*3H2,1-2H3. The molecule has 0 saturated heterocycles. The van der Waals surface area contributed by atoms with E-state index in [0.29, 0.717) is 18.5 Å². The zero-order valence-corrected chi connectivity index (χ0v) is 19.8. The van der Waals surface area contributed by atoms with Crippen LogP contribution in [0.3, 0.4) is 0 Å². The zero-order valence-electron chi connectivity index (χ0n) is 19.0. The molecule has 0 atom stereocenters. The lowest BCUT2D eigenvalue weighted by Gasteiger charge is -2.22. The van der Waals surface area contributed by atoms with Crippen LogP contribution in [0.1, 0.15) is 61.3 Å². The fourth-order valence-corrected chi connectivity index (χ4v) is 2.64. The molecule has 0 aliphatic heterocycles. The summed E-state index contributed by atoms with van der Waals surface area (Å²) in [5, 5.41) is 6.68. The van der Waals surface area contributed by atoms with E-state index < -0.39 is 11.8 Å². The van der Waals surface area contributed by atoms with Crippen LogP contribution in [0.25, 0.3) is 10.9 Å². The summed E-state index contributed by atoms with van der Waals surface area (Å²) >= 11 is -0.142. The predicted molar refractivity (Wildman–Crippen MR) is 124 cm³/mol. The van der Waals surface area contributed by atoms with Gasteiger partial charge in [0.15, 0.2) is 12.3 Å². The van der Waals surface area contributed by atoms with Crippen molar-refractivity contribution in [3.05, 3.63) is 12.4 Å². The number of carbonyl (C=O) groups excluding carboxylic acids is 2. The second kappa shape index (κ2) is 14.6. The Morgan fingerprint density at radius 2 is 1.77 bits per heavy atom. The summed E-state index contributed by atoms with van der Waals surface area (Å²) in [5.74, 6) is -1.09. The largest absolute Gasteiger partial charge is 0.383 e. The number of nitrogens with zero attached hydrogens (tertiary/aromatic N) is 4. The van der Waals surface area contributed by atoms with E-state index in [1.807, 2.05) is 13.8 Å². The third-order valence-corrected chi connectivity index (χ3v) is 3.77. The molecule has 0 saturated carbocycles. The van der Waals surface area contributed by atoms with Crippen LogP contribution in [-0.2, 0) is 9.59 Å². The summed E-state index contributed by atoms with van der Waals surface area (Å²) in [5.41, 5.74) is 6.14. The van der Waals surface area contributed by atoms with Crippen molar-refractivity contribution in [2.75, 3.05) is 24.1 Å². The molecule has 30 heavy (non-hydrogen) atoms. The normalized spacial score (nSPS) is 10.0. The molecule has 8 nitrogen and oxygen atoms in total. The molecule has 2 aromatic heterocycles. The topological polar surface area (TPSA) is 106 Å². The maximum absolute atomic E-state index is 13.0. The Kier molecular flexibility index (Phi) is 13.4. The van der Waals surface area contributed by atoms with Gasteiger partial charge < -0.3 is 16.0 Å². The highest BCUT2D eigenvalue weighted by atomic mass is 32.2. The Morgan fingerprint density at radius 1 is 1.20 bits per heavy atom. The van der Waals surface area contributed by atoms with E-state index in [0.717, 1.165) is 4.09 Å². The van der Waals surface area contributed by atoms with Gasteiger partial charge in [0, 0.05) is 13.1 Å². The highest BCUT2D eigenvalue weighted by Gasteiger charge is 2.23. The summed E-state index contributed by atoms with van der Waals surface area (Å²) in [6, 6.07) is 0. The summed E-state index contributed by atoms with van der Waals surface area (Å²) in [6.45, 7) is 15.1. The average molecular weight is 443 g/mol. The summed E-state index contributed by atoms with van der Waals surface area (Å²) in [6.07, 6.45) is 5.12. The lowest BCUT2D eigenvalue weighted by atomic mass is 10.2. The smallest absolute Gasteiger partial charge is 0.314 e. The number of nitrogens with one attached hydrogen (secondary N) is 1. The molecule has 2 aromatic rings. The molecule has 0 radical (unpaired) electrons. The molecule has 0 bridgehead atoms. The quantitative estimate of drug-likeness (QED) is 0.652. The number of hydrogen-bond acceptors (Lipinski definition) is 6. The molecular formula is C20H35FN6O2S. The van der Waals surface area contributed by atoms with Crippen LogP contribution >= 0.6 is 12.3 Å². The number of nitrogens with two attached hydrogens (primary N) is 1. The van der Waals surface area contributed by atoms with Gasteiger partial charge in [-0.3, -0.25) is 9.59 Å². The van der Waals surface area contributed by atoms with E-state index in [9.17, 15) is 13.5 Å². The lowest BCUT2D eigenvalue weighted by molar-refractivity contribution is -0.143. The highest BCUT2D eigenvalue weighted by Crippen LogP contribution is 2.29. The summed E-state index contributed by atoms with van der Waals surface area (Å²) < 4.78 is 13.9. The fraction of sp³-hybridized carbons (Fsp3) is 0.600. The Bertz CT molecular complexity index is 795. The van der Waals surface area contributed by atoms with Crippen molar-refractivity contribution >= 4 is 46.6 Å². The van der Waals surface area contributed by atoms with Crippen molar-refractivity contribution in [2.45, 2.75) is 61.3 Å². The SMILES string of the molecule is CCC.CCC.CCN(CC(C)C)C(=O)C(=O)Nc1cnc(N)c2cnn(SF)c12. The van der Waals surface area contributed by atoms with Crippen molar-refractivity contribution in [3.8, 4) is 0 Å². The minimum Gasteiger partial charge on any atom is -0.383 e. The van der Waals surface area contributed by atoms with Gasteiger partial charge in [0.25, 0.3) is 0 Å². The molecule has 0 aromatic carbocycles. The first-order valence-electron chi connectivity index (χ1n) is 10.2. The molecule has 0 spiro atoms. The molecule has 0 fully saturated rings. The number of aromatic nitrogens is 3. The third kappa shape index (κ3) is 8.17.